The second-order valence-corrected chi connectivity index (χ2v) is 4.76. The van der Waals surface area contributed by atoms with Gasteiger partial charge in [-0.05, 0) is 24.3 Å². The molecule has 0 saturated heterocycles. The number of nitrogen functional groups attached to an aromatic ring is 1. The van der Waals surface area contributed by atoms with E-state index in [2.05, 4.69) is 5.32 Å². The van der Waals surface area contributed by atoms with Crippen molar-refractivity contribution in [3.63, 3.8) is 0 Å². The first-order valence-corrected chi connectivity index (χ1v) is 6.94. The normalized spacial score (nSPS) is 9.35. The highest BCUT2D eigenvalue weighted by molar-refractivity contribution is 6.34. The lowest BCUT2D eigenvalue weighted by molar-refractivity contribution is -0.113. The van der Waals surface area contributed by atoms with Crippen molar-refractivity contribution >= 4 is 52.1 Å². The largest absolute Gasteiger partial charge is 0.398 e. The van der Waals surface area contributed by atoms with E-state index in [0.29, 0.717) is 21.4 Å². The minimum Gasteiger partial charge on any atom is -0.398 e. The zero-order valence-corrected chi connectivity index (χ0v) is 12.7. The van der Waals surface area contributed by atoms with E-state index in [1.807, 2.05) is 12.1 Å². The molecule has 0 fully saturated rings. The van der Waals surface area contributed by atoms with E-state index in [0.717, 1.165) is 0 Å². The number of benzene rings is 2. The smallest absolute Gasteiger partial charge is 0.239 e. The number of rotatable bonds is 2. The molecule has 2 rings (SSSR count). The molecule has 20 heavy (non-hydrogen) atoms. The highest BCUT2D eigenvalue weighted by Gasteiger charge is 2.02. The Balaban J connectivity index is 0.000000217. The minimum atomic E-state index is -0.259. The maximum absolute atomic E-state index is 10.8. The van der Waals surface area contributed by atoms with Gasteiger partial charge < -0.3 is 11.1 Å². The summed E-state index contributed by atoms with van der Waals surface area (Å²) in [5.74, 6) is -0.324. The van der Waals surface area contributed by atoms with Gasteiger partial charge in [-0.25, -0.2) is 0 Å². The number of carbonyl (C=O) groups is 1. The Morgan fingerprint density at radius 3 is 2.00 bits per heavy atom. The van der Waals surface area contributed by atoms with Crippen molar-refractivity contribution in [1.29, 1.82) is 0 Å². The number of amides is 1. The molecule has 0 bridgehead atoms. The van der Waals surface area contributed by atoms with Gasteiger partial charge in [-0.1, -0.05) is 47.5 Å². The van der Waals surface area contributed by atoms with Crippen LogP contribution >= 0.6 is 34.8 Å². The Kier molecular flexibility index (Phi) is 7.23. The lowest BCUT2D eigenvalue weighted by Gasteiger charge is -2.03. The van der Waals surface area contributed by atoms with Crippen LogP contribution in [0.1, 0.15) is 0 Å². The summed E-state index contributed by atoms with van der Waals surface area (Å²) in [6, 6.07) is 14.2. The molecule has 6 heteroatoms. The Bertz CT molecular complexity index is 555. The quantitative estimate of drug-likeness (QED) is 0.631. The molecule has 0 aliphatic carbocycles. The van der Waals surface area contributed by atoms with E-state index in [4.69, 9.17) is 40.5 Å². The van der Waals surface area contributed by atoms with Crippen LogP contribution in [0.4, 0.5) is 11.4 Å². The summed E-state index contributed by atoms with van der Waals surface area (Å²) in [6.45, 7) is 0. The number of para-hydroxylation sites is 2. The minimum absolute atomic E-state index is 0.0643. The van der Waals surface area contributed by atoms with E-state index in [-0.39, 0.29) is 11.8 Å². The molecular formula is C14H13Cl3N2O. The Hall–Kier alpha value is -1.42. The van der Waals surface area contributed by atoms with Crippen LogP contribution in [-0.2, 0) is 4.79 Å². The van der Waals surface area contributed by atoms with Crippen LogP contribution in [0.3, 0.4) is 0 Å². The van der Waals surface area contributed by atoms with Crippen molar-refractivity contribution in [2.45, 2.75) is 0 Å². The predicted octanol–water partition coefficient (Wildman–Crippen LogP) is 4.44. The third-order valence-corrected chi connectivity index (χ3v) is 3.09. The number of alkyl halides is 1. The summed E-state index contributed by atoms with van der Waals surface area (Å²) in [7, 11) is 0. The molecule has 0 atom stereocenters. The first-order valence-electron chi connectivity index (χ1n) is 5.65. The Morgan fingerprint density at radius 2 is 1.55 bits per heavy atom. The highest BCUT2D eigenvalue weighted by atomic mass is 35.5. The van der Waals surface area contributed by atoms with Gasteiger partial charge >= 0.3 is 0 Å². The molecule has 0 aliphatic heterocycles. The lowest BCUT2D eigenvalue weighted by atomic mass is 10.3. The number of halogens is 3. The van der Waals surface area contributed by atoms with Crippen LogP contribution in [0, 0.1) is 0 Å². The SMILES string of the molecule is Nc1ccccc1Cl.O=C(CCl)Nc1ccccc1Cl. The van der Waals surface area contributed by atoms with Crippen molar-refractivity contribution in [3.8, 4) is 0 Å². The number of nitrogens with two attached hydrogens (primary N) is 1. The summed E-state index contributed by atoms with van der Waals surface area (Å²) in [6.07, 6.45) is 0. The van der Waals surface area contributed by atoms with Gasteiger partial charge in [-0.2, -0.15) is 0 Å². The standard InChI is InChI=1S/C8H7Cl2NO.C6H6ClN/c9-5-8(12)11-7-4-2-1-3-6(7)10;7-5-3-1-2-4-6(5)8/h1-4H,5H2,(H,11,12);1-4H,8H2. The van der Waals surface area contributed by atoms with E-state index >= 15 is 0 Å². The summed E-state index contributed by atoms with van der Waals surface area (Å²) in [5, 5.41) is 3.69. The molecule has 2 aromatic rings. The summed E-state index contributed by atoms with van der Waals surface area (Å²) >= 11 is 16.7. The zero-order valence-electron chi connectivity index (χ0n) is 10.4. The van der Waals surface area contributed by atoms with Gasteiger partial charge in [0.2, 0.25) is 5.91 Å². The van der Waals surface area contributed by atoms with Gasteiger partial charge in [-0.15, -0.1) is 11.6 Å². The van der Waals surface area contributed by atoms with Crippen molar-refractivity contribution in [3.05, 3.63) is 58.6 Å². The van der Waals surface area contributed by atoms with Crippen LogP contribution in [0.5, 0.6) is 0 Å². The van der Waals surface area contributed by atoms with Crippen LogP contribution in [-0.4, -0.2) is 11.8 Å². The van der Waals surface area contributed by atoms with Gasteiger partial charge in [0.25, 0.3) is 0 Å². The fourth-order valence-corrected chi connectivity index (χ4v) is 1.61. The van der Waals surface area contributed by atoms with Crippen molar-refractivity contribution in [2.24, 2.45) is 0 Å². The molecule has 0 saturated carbocycles. The van der Waals surface area contributed by atoms with Crippen LogP contribution in [0.25, 0.3) is 0 Å². The van der Waals surface area contributed by atoms with Crippen LogP contribution < -0.4 is 11.1 Å². The Morgan fingerprint density at radius 1 is 1.00 bits per heavy atom. The molecule has 1 amide bonds. The van der Waals surface area contributed by atoms with Gasteiger partial charge in [0.1, 0.15) is 5.88 Å². The van der Waals surface area contributed by atoms with Gasteiger partial charge in [0.05, 0.1) is 21.4 Å². The number of carbonyl (C=O) groups excluding carboxylic acids is 1. The zero-order chi connectivity index (χ0) is 15.0. The molecule has 0 aromatic heterocycles. The van der Waals surface area contributed by atoms with Crippen molar-refractivity contribution < 1.29 is 4.79 Å². The van der Waals surface area contributed by atoms with Crippen LogP contribution in [0.2, 0.25) is 10.0 Å². The molecule has 0 unspecified atom stereocenters. The Labute approximate surface area is 132 Å². The molecule has 3 nitrogen and oxygen atoms in total. The van der Waals surface area contributed by atoms with E-state index < -0.39 is 0 Å². The predicted molar refractivity (Wildman–Crippen MR) is 86.7 cm³/mol. The molecule has 3 N–H and O–H groups in total. The average Bonchev–Trinajstić information content (AvgIpc) is 2.45. The summed E-state index contributed by atoms with van der Waals surface area (Å²) in [5.41, 5.74) is 6.61. The van der Waals surface area contributed by atoms with E-state index in [9.17, 15) is 4.79 Å². The van der Waals surface area contributed by atoms with Crippen LogP contribution in [0.15, 0.2) is 48.5 Å². The maximum Gasteiger partial charge on any atom is 0.239 e. The molecule has 0 radical (unpaired) electrons. The average molecular weight is 332 g/mol. The molecule has 0 aliphatic rings. The number of hydrogen-bond donors (Lipinski definition) is 2. The topological polar surface area (TPSA) is 55.1 Å². The van der Waals surface area contributed by atoms with Crippen molar-refractivity contribution in [2.75, 3.05) is 16.9 Å². The summed E-state index contributed by atoms with van der Waals surface area (Å²) < 4.78 is 0. The summed E-state index contributed by atoms with van der Waals surface area (Å²) in [4.78, 5) is 10.8. The monoisotopic (exact) mass is 330 g/mol. The highest BCUT2D eigenvalue weighted by Crippen LogP contribution is 2.20. The fraction of sp³-hybridized carbons (Fsp3) is 0.0714. The second kappa shape index (κ2) is 8.69. The van der Waals surface area contributed by atoms with E-state index in [1.165, 1.54) is 0 Å². The first kappa shape index (κ1) is 16.6. The van der Waals surface area contributed by atoms with Crippen molar-refractivity contribution in [1.82, 2.24) is 0 Å². The number of nitrogens with one attached hydrogen (secondary N) is 1. The second-order valence-electron chi connectivity index (χ2n) is 3.68. The molecule has 2 aromatic carbocycles. The molecule has 106 valence electrons. The molecule has 0 spiro atoms. The maximum atomic E-state index is 10.8. The van der Waals surface area contributed by atoms with Gasteiger partial charge in [0, 0.05) is 0 Å². The van der Waals surface area contributed by atoms with Gasteiger partial charge in [0.15, 0.2) is 0 Å². The fourth-order valence-electron chi connectivity index (χ4n) is 1.22. The lowest BCUT2D eigenvalue weighted by Crippen LogP contribution is -2.12. The number of anilines is 2. The van der Waals surface area contributed by atoms with Gasteiger partial charge in [-0.3, -0.25) is 4.79 Å². The molecular weight excluding hydrogens is 319 g/mol. The molecule has 0 heterocycles. The van der Waals surface area contributed by atoms with E-state index in [1.54, 1.807) is 36.4 Å². The first-order chi connectivity index (χ1) is 9.54. The third-order valence-electron chi connectivity index (χ3n) is 2.17. The number of hydrogen-bond acceptors (Lipinski definition) is 2. The third kappa shape index (κ3) is 5.70.